The third-order valence-electron chi connectivity index (χ3n) is 6.18. The number of nitrogens with one attached hydrogen (secondary N) is 1. The molecule has 0 saturated heterocycles. The van der Waals surface area contributed by atoms with Crippen molar-refractivity contribution >= 4 is 17.3 Å². The van der Waals surface area contributed by atoms with Crippen molar-refractivity contribution in [1.82, 2.24) is 9.78 Å². The van der Waals surface area contributed by atoms with Crippen LogP contribution in [0.5, 0.6) is 5.75 Å². The summed E-state index contributed by atoms with van der Waals surface area (Å²) in [6, 6.07) is 6.48. The van der Waals surface area contributed by atoms with E-state index >= 15 is 0 Å². The summed E-state index contributed by atoms with van der Waals surface area (Å²) in [5.41, 5.74) is 16.1. The van der Waals surface area contributed by atoms with E-state index in [0.717, 1.165) is 22.6 Å². The van der Waals surface area contributed by atoms with Crippen LogP contribution in [0.3, 0.4) is 0 Å². The van der Waals surface area contributed by atoms with Gasteiger partial charge in [-0.2, -0.15) is 5.10 Å². The highest BCUT2D eigenvalue weighted by Gasteiger charge is 2.53. The second-order valence-corrected chi connectivity index (χ2v) is 8.55. The standard InChI is InChI=1S/C22H28ClN5O/c1-14(24)18(11-20(23)25)27-17-6-3-5-16(21(17)29-2)15-12-26-28(13-15)19-7-4-8-22(19)9-10-22/h3,5-6,11-13,19,27H,4,7-10,24-25H2,1-2H3/b18-14+,20-11?. The number of para-hydroxylation sites is 1. The Morgan fingerprint density at radius 1 is 1.34 bits per heavy atom. The zero-order valence-electron chi connectivity index (χ0n) is 16.9. The smallest absolute Gasteiger partial charge is 0.150 e. The van der Waals surface area contributed by atoms with Crippen LogP contribution in [0.4, 0.5) is 5.69 Å². The zero-order valence-corrected chi connectivity index (χ0v) is 17.7. The topological polar surface area (TPSA) is 91.1 Å². The normalized spacial score (nSPS) is 21.2. The summed E-state index contributed by atoms with van der Waals surface area (Å²) in [5, 5.41) is 8.15. The molecule has 0 radical (unpaired) electrons. The molecule has 29 heavy (non-hydrogen) atoms. The molecule has 1 aromatic heterocycles. The van der Waals surface area contributed by atoms with Crippen LogP contribution >= 0.6 is 11.6 Å². The van der Waals surface area contributed by atoms with Crippen molar-refractivity contribution in [1.29, 1.82) is 0 Å². The summed E-state index contributed by atoms with van der Waals surface area (Å²) >= 11 is 5.84. The minimum Gasteiger partial charge on any atom is -0.494 e. The van der Waals surface area contributed by atoms with E-state index in [1.807, 2.05) is 24.4 Å². The minimum atomic E-state index is 0.152. The number of anilines is 1. The second kappa shape index (κ2) is 7.67. The molecule has 1 atom stereocenters. The number of rotatable bonds is 6. The molecule has 1 aromatic carbocycles. The third-order valence-corrected chi connectivity index (χ3v) is 6.29. The van der Waals surface area contributed by atoms with Crippen LogP contribution in [0.25, 0.3) is 11.1 Å². The van der Waals surface area contributed by atoms with E-state index in [1.54, 1.807) is 20.1 Å². The maximum atomic E-state index is 5.98. The van der Waals surface area contributed by atoms with Gasteiger partial charge in [-0.15, -0.1) is 0 Å². The average molecular weight is 414 g/mol. The van der Waals surface area contributed by atoms with E-state index in [9.17, 15) is 0 Å². The van der Waals surface area contributed by atoms with Crippen molar-refractivity contribution in [3.05, 3.63) is 53.2 Å². The molecule has 2 fully saturated rings. The summed E-state index contributed by atoms with van der Waals surface area (Å²) in [6.07, 6.45) is 12.2. The molecule has 0 aliphatic heterocycles. The fourth-order valence-corrected chi connectivity index (χ4v) is 4.65. The molecule has 0 amide bonds. The summed E-state index contributed by atoms with van der Waals surface area (Å²) in [5.74, 6) is 0.722. The number of allylic oxidation sites excluding steroid dienone is 2. The molecule has 2 saturated carbocycles. The van der Waals surface area contributed by atoms with Crippen molar-refractivity contribution in [2.75, 3.05) is 12.4 Å². The molecule has 154 valence electrons. The minimum absolute atomic E-state index is 0.152. The number of methoxy groups -OCH3 is 1. The molecule has 2 aliphatic rings. The molecule has 1 spiro atoms. The predicted molar refractivity (Wildman–Crippen MR) is 117 cm³/mol. The van der Waals surface area contributed by atoms with Gasteiger partial charge in [0.25, 0.3) is 0 Å². The highest BCUT2D eigenvalue weighted by atomic mass is 35.5. The highest BCUT2D eigenvalue weighted by molar-refractivity contribution is 6.29. The molecule has 4 rings (SSSR count). The zero-order chi connectivity index (χ0) is 20.6. The van der Waals surface area contributed by atoms with Crippen molar-refractivity contribution in [3.63, 3.8) is 0 Å². The van der Waals surface area contributed by atoms with E-state index in [4.69, 9.17) is 32.9 Å². The first-order valence-electron chi connectivity index (χ1n) is 10.0. The number of nitrogens with zero attached hydrogens (tertiary/aromatic N) is 2. The Balaban J connectivity index is 1.66. The quantitative estimate of drug-likeness (QED) is 0.471. The van der Waals surface area contributed by atoms with Crippen LogP contribution < -0.4 is 21.5 Å². The van der Waals surface area contributed by atoms with Gasteiger partial charge < -0.3 is 21.5 Å². The first kappa shape index (κ1) is 19.7. The molecule has 6 nitrogen and oxygen atoms in total. The summed E-state index contributed by atoms with van der Waals surface area (Å²) in [4.78, 5) is 0. The van der Waals surface area contributed by atoms with E-state index in [-0.39, 0.29) is 5.16 Å². The monoisotopic (exact) mass is 413 g/mol. The van der Waals surface area contributed by atoms with Crippen LogP contribution in [-0.4, -0.2) is 16.9 Å². The van der Waals surface area contributed by atoms with Gasteiger partial charge in [0.2, 0.25) is 0 Å². The fourth-order valence-electron chi connectivity index (χ4n) is 4.54. The van der Waals surface area contributed by atoms with Crippen LogP contribution in [0.2, 0.25) is 0 Å². The van der Waals surface area contributed by atoms with Crippen molar-refractivity contribution < 1.29 is 4.74 Å². The van der Waals surface area contributed by atoms with Gasteiger partial charge in [-0.25, -0.2) is 0 Å². The van der Waals surface area contributed by atoms with Crippen LogP contribution in [-0.2, 0) is 0 Å². The Bertz CT molecular complexity index is 965. The summed E-state index contributed by atoms with van der Waals surface area (Å²) < 4.78 is 7.92. The largest absolute Gasteiger partial charge is 0.494 e. The van der Waals surface area contributed by atoms with E-state index < -0.39 is 0 Å². The van der Waals surface area contributed by atoms with Crippen molar-refractivity contribution in [3.8, 4) is 16.9 Å². The van der Waals surface area contributed by atoms with Gasteiger partial charge in [0, 0.05) is 23.0 Å². The SMILES string of the molecule is COc1c(N/C(C=C(N)Cl)=C(\C)N)cccc1-c1cnn(C2CCCC23CC3)c1. The molecule has 5 N–H and O–H groups in total. The number of hydrogen-bond donors (Lipinski definition) is 3. The highest BCUT2D eigenvalue weighted by Crippen LogP contribution is 2.63. The summed E-state index contributed by atoms with van der Waals surface area (Å²) in [7, 11) is 1.66. The number of benzene rings is 1. The predicted octanol–water partition coefficient (Wildman–Crippen LogP) is 4.70. The fraction of sp³-hybridized carbons (Fsp3) is 0.409. The van der Waals surface area contributed by atoms with E-state index in [1.165, 1.54) is 32.1 Å². The number of hydrogen-bond acceptors (Lipinski definition) is 5. The number of aromatic nitrogens is 2. The molecule has 7 heteroatoms. The van der Waals surface area contributed by atoms with Gasteiger partial charge in [-0.05, 0) is 50.2 Å². The van der Waals surface area contributed by atoms with Gasteiger partial charge in [0.15, 0.2) is 0 Å². The Labute approximate surface area is 176 Å². The first-order chi connectivity index (χ1) is 13.9. The Morgan fingerprint density at radius 3 is 2.79 bits per heavy atom. The van der Waals surface area contributed by atoms with E-state index in [2.05, 4.69) is 16.2 Å². The third kappa shape index (κ3) is 3.81. The molecule has 2 aliphatic carbocycles. The van der Waals surface area contributed by atoms with Gasteiger partial charge in [-0.3, -0.25) is 4.68 Å². The van der Waals surface area contributed by atoms with Crippen LogP contribution in [0.15, 0.2) is 53.2 Å². The maximum absolute atomic E-state index is 5.98. The lowest BCUT2D eigenvalue weighted by Gasteiger charge is -2.19. The van der Waals surface area contributed by atoms with Gasteiger partial charge in [-0.1, -0.05) is 30.2 Å². The van der Waals surface area contributed by atoms with Crippen molar-refractivity contribution in [2.24, 2.45) is 16.9 Å². The lowest BCUT2D eigenvalue weighted by atomic mass is 10.0. The molecule has 1 unspecified atom stereocenters. The Kier molecular flexibility index (Phi) is 5.21. The van der Waals surface area contributed by atoms with E-state index in [0.29, 0.717) is 22.9 Å². The van der Waals surface area contributed by atoms with Crippen molar-refractivity contribution in [2.45, 2.75) is 45.1 Å². The van der Waals surface area contributed by atoms with Gasteiger partial charge in [0.1, 0.15) is 10.9 Å². The van der Waals surface area contributed by atoms with Gasteiger partial charge in [0.05, 0.1) is 30.7 Å². The molecular weight excluding hydrogens is 386 g/mol. The number of ether oxygens (including phenoxy) is 1. The lowest BCUT2D eigenvalue weighted by Crippen LogP contribution is -2.15. The molecular formula is C22H28ClN5O. The van der Waals surface area contributed by atoms with Gasteiger partial charge >= 0.3 is 0 Å². The number of nitrogens with two attached hydrogens (primary N) is 2. The molecule has 2 aromatic rings. The Hall–Kier alpha value is -2.60. The summed E-state index contributed by atoms with van der Waals surface area (Å²) in [6.45, 7) is 1.79. The molecule has 0 bridgehead atoms. The molecule has 1 heterocycles. The van der Waals surface area contributed by atoms with Crippen LogP contribution in [0.1, 0.15) is 45.1 Å². The maximum Gasteiger partial charge on any atom is 0.150 e. The van der Waals surface area contributed by atoms with Crippen LogP contribution in [0, 0.1) is 5.41 Å². The first-order valence-corrected chi connectivity index (χ1v) is 10.4. The number of halogens is 1. The lowest BCUT2D eigenvalue weighted by molar-refractivity contribution is 0.331. The average Bonchev–Trinajstić information content (AvgIpc) is 3.10. The Morgan fingerprint density at radius 2 is 2.14 bits per heavy atom. The second-order valence-electron chi connectivity index (χ2n) is 8.12.